The lowest BCUT2D eigenvalue weighted by molar-refractivity contribution is -0.133. The molecule has 0 aliphatic heterocycles. The van der Waals surface area contributed by atoms with Crippen molar-refractivity contribution in [1.82, 2.24) is 0 Å². The quantitative estimate of drug-likeness (QED) is 0.289. The van der Waals surface area contributed by atoms with Crippen molar-refractivity contribution in [3.05, 3.63) is 86.2 Å². The SMILES string of the molecule is CCCC(=O)OS(c1ccccc1)(c1ccccc1)c1c(Br)cc(Br)cc1Br. The Balaban J connectivity index is 2.39. The van der Waals surface area contributed by atoms with Crippen LogP contribution in [0, 0.1) is 0 Å². The van der Waals surface area contributed by atoms with Crippen LogP contribution in [-0.4, -0.2) is 5.97 Å². The van der Waals surface area contributed by atoms with Crippen LogP contribution < -0.4 is 0 Å². The summed E-state index contributed by atoms with van der Waals surface area (Å²) >= 11 is 11.0. The lowest BCUT2D eigenvalue weighted by Crippen LogP contribution is -2.14. The minimum Gasteiger partial charge on any atom is -0.402 e. The summed E-state index contributed by atoms with van der Waals surface area (Å²) in [5, 5.41) is 0. The molecule has 0 aliphatic rings. The van der Waals surface area contributed by atoms with E-state index in [0.717, 1.165) is 34.5 Å². The van der Waals surface area contributed by atoms with Gasteiger partial charge in [-0.2, -0.15) is 0 Å². The first-order valence-electron chi connectivity index (χ1n) is 8.79. The molecule has 0 fully saturated rings. The third kappa shape index (κ3) is 4.40. The number of carbonyl (C=O) groups excluding carboxylic acids is 1. The van der Waals surface area contributed by atoms with Crippen LogP contribution in [0.5, 0.6) is 0 Å². The lowest BCUT2D eigenvalue weighted by Gasteiger charge is -2.41. The molecule has 146 valence electrons. The summed E-state index contributed by atoms with van der Waals surface area (Å²) in [4.78, 5) is 15.7. The van der Waals surface area contributed by atoms with Gasteiger partial charge in [-0.15, -0.1) is 0 Å². The summed E-state index contributed by atoms with van der Waals surface area (Å²) in [5.74, 6) is -0.202. The molecule has 0 bridgehead atoms. The molecule has 0 N–H and O–H groups in total. The van der Waals surface area contributed by atoms with Crippen molar-refractivity contribution in [1.29, 1.82) is 0 Å². The van der Waals surface area contributed by atoms with Crippen LogP contribution in [0.1, 0.15) is 19.8 Å². The monoisotopic (exact) mass is 584 g/mol. The molecule has 0 amide bonds. The van der Waals surface area contributed by atoms with E-state index in [0.29, 0.717) is 6.42 Å². The maximum Gasteiger partial charge on any atom is 0.317 e. The number of benzene rings is 3. The molecule has 0 aromatic heterocycles. The average Bonchev–Trinajstić information content (AvgIpc) is 2.68. The molecule has 0 spiro atoms. The van der Waals surface area contributed by atoms with E-state index < -0.39 is 10.3 Å². The van der Waals surface area contributed by atoms with Crippen LogP contribution >= 0.6 is 58.1 Å². The van der Waals surface area contributed by atoms with Gasteiger partial charge in [-0.3, -0.25) is 4.79 Å². The van der Waals surface area contributed by atoms with Crippen molar-refractivity contribution in [3.8, 4) is 0 Å². The minimum atomic E-state index is -2.30. The first-order chi connectivity index (χ1) is 13.5. The van der Waals surface area contributed by atoms with Crippen LogP contribution in [-0.2, 0) is 8.98 Å². The molecule has 0 radical (unpaired) electrons. The van der Waals surface area contributed by atoms with E-state index in [1.54, 1.807) is 0 Å². The van der Waals surface area contributed by atoms with E-state index >= 15 is 0 Å². The first kappa shape index (κ1) is 21.6. The second kappa shape index (κ2) is 9.61. The van der Waals surface area contributed by atoms with E-state index in [1.807, 2.05) is 79.7 Å². The molecule has 6 heteroatoms. The molecular formula is C22H19Br3O2S. The van der Waals surface area contributed by atoms with Crippen molar-refractivity contribution in [2.45, 2.75) is 34.5 Å². The van der Waals surface area contributed by atoms with E-state index in [-0.39, 0.29) is 5.97 Å². The lowest BCUT2D eigenvalue weighted by atomic mass is 10.3. The summed E-state index contributed by atoms with van der Waals surface area (Å²) in [7, 11) is -2.30. The van der Waals surface area contributed by atoms with E-state index in [1.165, 1.54) is 0 Å². The van der Waals surface area contributed by atoms with Crippen LogP contribution in [0.2, 0.25) is 0 Å². The van der Waals surface area contributed by atoms with E-state index in [2.05, 4.69) is 47.8 Å². The Morgan fingerprint density at radius 2 is 1.32 bits per heavy atom. The number of hydrogen-bond donors (Lipinski definition) is 0. The Kier molecular flexibility index (Phi) is 7.42. The molecular weight excluding hydrogens is 568 g/mol. The third-order valence-electron chi connectivity index (χ3n) is 4.07. The number of halogens is 3. The predicted molar refractivity (Wildman–Crippen MR) is 126 cm³/mol. The van der Waals surface area contributed by atoms with Crippen molar-refractivity contribution >= 4 is 64.1 Å². The van der Waals surface area contributed by atoms with Gasteiger partial charge < -0.3 is 4.18 Å². The fourth-order valence-electron chi connectivity index (χ4n) is 2.92. The van der Waals surface area contributed by atoms with Gasteiger partial charge in [0.05, 0.1) is 4.90 Å². The fraction of sp³-hybridized carbons (Fsp3) is 0.136. The molecule has 0 saturated carbocycles. The second-order valence-electron chi connectivity index (χ2n) is 6.09. The van der Waals surface area contributed by atoms with Crippen molar-refractivity contribution in [2.24, 2.45) is 0 Å². The van der Waals surface area contributed by atoms with E-state index in [9.17, 15) is 4.79 Å². The summed E-state index contributed by atoms with van der Waals surface area (Å²) < 4.78 is 9.09. The van der Waals surface area contributed by atoms with Gasteiger partial charge in [-0.05, 0) is 85.0 Å². The third-order valence-corrected chi connectivity index (χ3v) is 9.63. The van der Waals surface area contributed by atoms with Gasteiger partial charge in [0.1, 0.15) is 0 Å². The summed E-state index contributed by atoms with van der Waals surface area (Å²) in [6.07, 6.45) is 1.11. The van der Waals surface area contributed by atoms with Crippen LogP contribution in [0.15, 0.2) is 101 Å². The van der Waals surface area contributed by atoms with Gasteiger partial charge in [0.25, 0.3) is 0 Å². The highest BCUT2D eigenvalue weighted by molar-refractivity contribution is 9.11. The van der Waals surface area contributed by atoms with E-state index in [4.69, 9.17) is 4.18 Å². The molecule has 0 saturated heterocycles. The fourth-order valence-corrected chi connectivity index (χ4v) is 9.68. The van der Waals surface area contributed by atoms with Crippen LogP contribution in [0.3, 0.4) is 0 Å². The predicted octanol–water partition coefficient (Wildman–Crippen LogP) is 8.51. The Hall–Kier alpha value is -1.08. The van der Waals surface area contributed by atoms with Crippen molar-refractivity contribution in [2.75, 3.05) is 0 Å². The summed E-state index contributed by atoms with van der Waals surface area (Å²) in [6.45, 7) is 1.98. The Labute approximate surface area is 192 Å². The maximum absolute atomic E-state index is 12.8. The smallest absolute Gasteiger partial charge is 0.317 e. The van der Waals surface area contributed by atoms with Gasteiger partial charge in [-0.25, -0.2) is 0 Å². The zero-order valence-corrected chi connectivity index (χ0v) is 20.8. The largest absolute Gasteiger partial charge is 0.402 e. The summed E-state index contributed by atoms with van der Waals surface area (Å²) in [6, 6.07) is 24.0. The molecule has 3 aromatic rings. The molecule has 0 aliphatic carbocycles. The standard InChI is InChI=1S/C22H19Br3O2S/c1-2-9-21(26)27-28(17-10-5-3-6-11-17,18-12-7-4-8-13-18)22-19(24)14-16(23)15-20(22)25/h3-8,10-15H,2,9H2,1H3. The Bertz CT molecular complexity index is 900. The summed E-state index contributed by atoms with van der Waals surface area (Å²) in [5.41, 5.74) is 0. The van der Waals surface area contributed by atoms with Gasteiger partial charge in [0.15, 0.2) is 0 Å². The zero-order chi connectivity index (χ0) is 20.1. The van der Waals surface area contributed by atoms with Gasteiger partial charge in [0.2, 0.25) is 0 Å². The first-order valence-corrected chi connectivity index (χ1v) is 12.7. The second-order valence-corrected chi connectivity index (χ2v) is 11.3. The minimum absolute atomic E-state index is 0.202. The topological polar surface area (TPSA) is 26.3 Å². The molecule has 28 heavy (non-hydrogen) atoms. The average molecular weight is 587 g/mol. The molecule has 0 heterocycles. The van der Waals surface area contributed by atoms with Gasteiger partial charge in [0, 0.05) is 29.6 Å². The number of carbonyl (C=O) groups is 1. The highest BCUT2D eigenvalue weighted by atomic mass is 79.9. The number of rotatable bonds is 6. The number of hydrogen-bond acceptors (Lipinski definition) is 2. The van der Waals surface area contributed by atoms with Crippen LogP contribution in [0.4, 0.5) is 0 Å². The molecule has 0 atom stereocenters. The highest BCUT2D eigenvalue weighted by Crippen LogP contribution is 2.72. The zero-order valence-electron chi connectivity index (χ0n) is 15.2. The molecule has 2 nitrogen and oxygen atoms in total. The van der Waals surface area contributed by atoms with Gasteiger partial charge >= 0.3 is 5.97 Å². The van der Waals surface area contributed by atoms with Crippen LogP contribution in [0.25, 0.3) is 0 Å². The van der Waals surface area contributed by atoms with Crippen molar-refractivity contribution < 1.29 is 8.98 Å². The Morgan fingerprint density at radius 1 is 0.857 bits per heavy atom. The molecule has 0 unspecified atom stereocenters. The van der Waals surface area contributed by atoms with Crippen molar-refractivity contribution in [3.63, 3.8) is 0 Å². The Morgan fingerprint density at radius 3 is 1.75 bits per heavy atom. The van der Waals surface area contributed by atoms with Gasteiger partial charge in [-0.1, -0.05) is 59.3 Å². The maximum atomic E-state index is 12.8. The molecule has 3 rings (SSSR count). The highest BCUT2D eigenvalue weighted by Gasteiger charge is 2.38. The normalized spacial score (nSPS) is 11.9. The molecule has 3 aromatic carbocycles.